The van der Waals surface area contributed by atoms with E-state index in [0.29, 0.717) is 17.5 Å². The summed E-state index contributed by atoms with van der Waals surface area (Å²) in [6.07, 6.45) is -4.18. The van der Waals surface area contributed by atoms with Crippen molar-refractivity contribution in [1.82, 2.24) is 0 Å². The number of halogens is 3. The maximum absolute atomic E-state index is 12.6. The lowest BCUT2D eigenvalue weighted by Gasteiger charge is -2.08. The van der Waals surface area contributed by atoms with Crippen LogP contribution < -0.4 is 0 Å². The van der Waals surface area contributed by atoms with Crippen molar-refractivity contribution in [1.29, 1.82) is 0 Å². The molecule has 0 radical (unpaired) electrons. The van der Waals surface area contributed by atoms with Crippen molar-refractivity contribution in [3.05, 3.63) is 70.8 Å². The van der Waals surface area contributed by atoms with Gasteiger partial charge in [0, 0.05) is 23.1 Å². The highest BCUT2D eigenvalue weighted by Gasteiger charge is 2.68. The Hall–Kier alpha value is -2.76. The van der Waals surface area contributed by atoms with Gasteiger partial charge in [0.25, 0.3) is 0 Å². The van der Waals surface area contributed by atoms with Gasteiger partial charge in [-0.2, -0.15) is 13.2 Å². The van der Waals surface area contributed by atoms with E-state index in [1.54, 1.807) is 24.3 Å². The van der Waals surface area contributed by atoms with E-state index in [1.807, 2.05) is 0 Å². The zero-order valence-corrected chi connectivity index (χ0v) is 13.5. The van der Waals surface area contributed by atoms with E-state index in [4.69, 9.17) is 0 Å². The van der Waals surface area contributed by atoms with Crippen LogP contribution in [0.4, 0.5) is 13.2 Å². The van der Waals surface area contributed by atoms with Crippen LogP contribution in [0, 0.1) is 11.3 Å². The van der Waals surface area contributed by atoms with Gasteiger partial charge in [-0.15, -0.1) is 0 Å². The number of ketones is 3. The van der Waals surface area contributed by atoms with Gasteiger partial charge in [0.2, 0.25) is 0 Å². The Bertz CT molecular complexity index is 907. The van der Waals surface area contributed by atoms with Crippen LogP contribution in [-0.4, -0.2) is 17.3 Å². The SMILES string of the molecule is O=C(CC1CC12C(=O)c1ccccc1C2=O)c1ccc(C(F)(F)F)cc1. The summed E-state index contributed by atoms with van der Waals surface area (Å²) < 4.78 is 37.8. The second-order valence-corrected chi connectivity index (χ2v) is 6.78. The molecule has 0 aromatic heterocycles. The maximum atomic E-state index is 12.6. The fourth-order valence-corrected chi connectivity index (χ4v) is 3.78. The minimum absolute atomic E-state index is 0.0309. The van der Waals surface area contributed by atoms with Crippen molar-refractivity contribution in [3.63, 3.8) is 0 Å². The number of hydrogen-bond acceptors (Lipinski definition) is 3. The highest BCUT2D eigenvalue weighted by atomic mass is 19.4. The Morgan fingerprint density at radius 1 is 0.962 bits per heavy atom. The second kappa shape index (κ2) is 5.37. The van der Waals surface area contributed by atoms with Crippen molar-refractivity contribution < 1.29 is 27.6 Å². The standard InChI is InChI=1S/C20H13F3O3/c21-20(22,23)12-7-5-11(6-8-12)16(24)9-13-10-19(13)17(25)14-3-1-2-4-15(14)18(19)26/h1-8,13H,9-10H2. The van der Waals surface area contributed by atoms with Crippen LogP contribution >= 0.6 is 0 Å². The van der Waals surface area contributed by atoms with Crippen LogP contribution in [0.2, 0.25) is 0 Å². The van der Waals surface area contributed by atoms with Crippen LogP contribution in [0.1, 0.15) is 49.5 Å². The summed E-state index contributed by atoms with van der Waals surface area (Å²) in [6.45, 7) is 0. The smallest absolute Gasteiger partial charge is 0.294 e. The van der Waals surface area contributed by atoms with Crippen LogP contribution in [-0.2, 0) is 6.18 Å². The van der Waals surface area contributed by atoms with Gasteiger partial charge in [-0.25, -0.2) is 0 Å². The Morgan fingerprint density at radius 3 is 2.00 bits per heavy atom. The Morgan fingerprint density at radius 2 is 1.50 bits per heavy atom. The van der Waals surface area contributed by atoms with E-state index in [1.165, 1.54) is 0 Å². The summed E-state index contributed by atoms with van der Waals surface area (Å²) in [4.78, 5) is 37.6. The van der Waals surface area contributed by atoms with E-state index < -0.39 is 23.1 Å². The lowest BCUT2D eigenvalue weighted by molar-refractivity contribution is -0.137. The lowest BCUT2D eigenvalue weighted by atomic mass is 9.93. The molecule has 0 bridgehead atoms. The molecule has 6 heteroatoms. The molecule has 2 aliphatic rings. The number of rotatable bonds is 3. The minimum Gasteiger partial charge on any atom is -0.294 e. The molecule has 1 saturated carbocycles. The third-order valence-corrected chi connectivity index (χ3v) is 5.30. The highest BCUT2D eigenvalue weighted by molar-refractivity contribution is 6.31. The molecule has 0 N–H and O–H groups in total. The van der Waals surface area contributed by atoms with Crippen molar-refractivity contribution in [3.8, 4) is 0 Å². The summed E-state index contributed by atoms with van der Waals surface area (Å²) in [5.74, 6) is -1.26. The third-order valence-electron chi connectivity index (χ3n) is 5.30. The zero-order chi connectivity index (χ0) is 18.7. The first kappa shape index (κ1) is 16.7. The van der Waals surface area contributed by atoms with Crippen LogP contribution in [0.5, 0.6) is 0 Å². The predicted molar refractivity (Wildman–Crippen MR) is 86.0 cm³/mol. The molecular formula is C20H13F3O3. The molecule has 0 heterocycles. The molecule has 0 aliphatic heterocycles. The summed E-state index contributed by atoms with van der Waals surface area (Å²) in [6, 6.07) is 10.6. The van der Waals surface area contributed by atoms with Crippen molar-refractivity contribution in [2.75, 3.05) is 0 Å². The lowest BCUT2D eigenvalue weighted by Crippen LogP contribution is -2.20. The highest BCUT2D eigenvalue weighted by Crippen LogP contribution is 2.61. The van der Waals surface area contributed by atoms with E-state index in [-0.39, 0.29) is 29.3 Å². The Kier molecular flexibility index (Phi) is 3.45. The fourth-order valence-electron chi connectivity index (χ4n) is 3.78. The first-order chi connectivity index (χ1) is 12.2. The van der Waals surface area contributed by atoms with Crippen LogP contribution in [0.25, 0.3) is 0 Å². The number of hydrogen-bond donors (Lipinski definition) is 0. The summed E-state index contributed by atoms with van der Waals surface area (Å²) in [5.41, 5.74) is -1.04. The molecular weight excluding hydrogens is 345 g/mol. The molecule has 0 amide bonds. The molecule has 3 nitrogen and oxygen atoms in total. The maximum Gasteiger partial charge on any atom is 0.416 e. The number of carbonyl (C=O) groups is 3. The number of carbonyl (C=O) groups excluding carboxylic acids is 3. The Balaban J connectivity index is 1.51. The number of benzene rings is 2. The number of alkyl halides is 3. The first-order valence-corrected chi connectivity index (χ1v) is 8.14. The predicted octanol–water partition coefficient (Wildman–Crippen LogP) is 4.36. The Labute approximate surface area is 146 Å². The van der Waals surface area contributed by atoms with Gasteiger partial charge in [0.05, 0.1) is 5.56 Å². The molecule has 1 spiro atoms. The van der Waals surface area contributed by atoms with Crippen molar-refractivity contribution in [2.45, 2.75) is 19.0 Å². The number of Topliss-reactive ketones (excluding diaryl/α,β-unsaturated/α-hetero) is 3. The summed E-state index contributed by atoms with van der Waals surface area (Å²) in [7, 11) is 0. The molecule has 2 aliphatic carbocycles. The van der Waals surface area contributed by atoms with E-state index in [0.717, 1.165) is 24.3 Å². The molecule has 26 heavy (non-hydrogen) atoms. The van der Waals surface area contributed by atoms with Gasteiger partial charge in [0.15, 0.2) is 17.3 Å². The van der Waals surface area contributed by atoms with E-state index in [2.05, 4.69) is 0 Å². The molecule has 0 saturated heterocycles. The fraction of sp³-hybridized carbons (Fsp3) is 0.250. The first-order valence-electron chi connectivity index (χ1n) is 8.14. The quantitative estimate of drug-likeness (QED) is 0.605. The molecule has 1 unspecified atom stereocenters. The van der Waals surface area contributed by atoms with Crippen LogP contribution in [0.15, 0.2) is 48.5 Å². The zero-order valence-electron chi connectivity index (χ0n) is 13.5. The van der Waals surface area contributed by atoms with Gasteiger partial charge >= 0.3 is 6.18 Å². The van der Waals surface area contributed by atoms with E-state index in [9.17, 15) is 27.6 Å². The van der Waals surface area contributed by atoms with Gasteiger partial charge < -0.3 is 0 Å². The van der Waals surface area contributed by atoms with Gasteiger partial charge in [-0.1, -0.05) is 36.4 Å². The molecule has 1 fully saturated rings. The van der Waals surface area contributed by atoms with Gasteiger partial charge in [0.1, 0.15) is 5.41 Å². The molecule has 2 aromatic rings. The van der Waals surface area contributed by atoms with Gasteiger partial charge in [-0.05, 0) is 24.5 Å². The largest absolute Gasteiger partial charge is 0.416 e. The molecule has 4 rings (SSSR count). The van der Waals surface area contributed by atoms with E-state index >= 15 is 0 Å². The summed E-state index contributed by atoms with van der Waals surface area (Å²) in [5, 5.41) is 0. The minimum atomic E-state index is -4.46. The van der Waals surface area contributed by atoms with Crippen LogP contribution in [0.3, 0.4) is 0 Å². The molecule has 1 atom stereocenters. The van der Waals surface area contributed by atoms with Crippen molar-refractivity contribution in [2.24, 2.45) is 11.3 Å². The normalized spacial score (nSPS) is 20.3. The van der Waals surface area contributed by atoms with Crippen molar-refractivity contribution >= 4 is 17.3 Å². The average Bonchev–Trinajstić information content (AvgIpc) is 3.29. The summed E-state index contributed by atoms with van der Waals surface area (Å²) >= 11 is 0. The monoisotopic (exact) mass is 358 g/mol. The third kappa shape index (κ3) is 2.32. The molecule has 132 valence electrons. The van der Waals surface area contributed by atoms with Gasteiger partial charge in [-0.3, -0.25) is 14.4 Å². The topological polar surface area (TPSA) is 51.2 Å². The number of fused-ring (bicyclic) bond motifs is 1. The molecule has 2 aromatic carbocycles. The second-order valence-electron chi connectivity index (χ2n) is 6.78. The average molecular weight is 358 g/mol.